The lowest BCUT2D eigenvalue weighted by Gasteiger charge is -2.36. The summed E-state index contributed by atoms with van der Waals surface area (Å²) in [6.07, 6.45) is 8.44. The van der Waals surface area contributed by atoms with Gasteiger partial charge >= 0.3 is 0 Å². The lowest BCUT2D eigenvalue weighted by molar-refractivity contribution is -0.131. The van der Waals surface area contributed by atoms with E-state index in [9.17, 15) is 4.79 Å². The molecule has 37 heavy (non-hydrogen) atoms. The predicted molar refractivity (Wildman–Crippen MR) is 153 cm³/mol. The van der Waals surface area contributed by atoms with Crippen molar-refractivity contribution in [1.29, 1.82) is 0 Å². The number of unbranched alkanes of at least 4 members (excludes halogenated alkanes) is 4. The lowest BCUT2D eigenvalue weighted by Crippen LogP contribution is -2.49. The molecule has 0 unspecified atom stereocenters. The molecular formula is C30H41N5OS. The van der Waals surface area contributed by atoms with Crippen LogP contribution < -0.4 is 4.90 Å². The van der Waals surface area contributed by atoms with Gasteiger partial charge in [0.05, 0.1) is 5.39 Å². The fraction of sp³-hybridized carbons (Fsp3) is 0.567. The summed E-state index contributed by atoms with van der Waals surface area (Å²) in [6, 6.07) is 10.5. The number of anilines is 1. The van der Waals surface area contributed by atoms with Gasteiger partial charge in [-0.25, -0.2) is 9.97 Å². The molecule has 4 heterocycles. The van der Waals surface area contributed by atoms with Crippen LogP contribution in [0.5, 0.6) is 0 Å². The maximum absolute atomic E-state index is 12.8. The first-order chi connectivity index (χ1) is 18.2. The number of nitrogens with zero attached hydrogens (tertiary/aromatic N) is 5. The van der Waals surface area contributed by atoms with Crippen molar-refractivity contribution in [3.63, 3.8) is 0 Å². The third-order valence-corrected chi connectivity index (χ3v) is 9.00. The zero-order valence-corrected chi connectivity index (χ0v) is 23.4. The van der Waals surface area contributed by atoms with Crippen LogP contribution in [-0.4, -0.2) is 64.9 Å². The topological polar surface area (TPSA) is 52.6 Å². The van der Waals surface area contributed by atoms with E-state index < -0.39 is 0 Å². The highest BCUT2D eigenvalue weighted by Crippen LogP contribution is 2.39. The van der Waals surface area contributed by atoms with Gasteiger partial charge in [-0.15, -0.1) is 11.3 Å². The molecule has 1 fully saturated rings. The number of fused-ring (bicyclic) bond motifs is 3. The summed E-state index contributed by atoms with van der Waals surface area (Å²) >= 11 is 1.86. The monoisotopic (exact) mass is 519 g/mol. The van der Waals surface area contributed by atoms with Crippen LogP contribution in [0.3, 0.4) is 0 Å². The van der Waals surface area contributed by atoms with Crippen LogP contribution in [0.15, 0.2) is 30.3 Å². The summed E-state index contributed by atoms with van der Waals surface area (Å²) in [5, 5.41) is 1.27. The molecule has 0 saturated carbocycles. The first-order valence-electron chi connectivity index (χ1n) is 14.3. The van der Waals surface area contributed by atoms with Crippen LogP contribution in [0.2, 0.25) is 0 Å². The fourth-order valence-corrected chi connectivity index (χ4v) is 6.91. The van der Waals surface area contributed by atoms with E-state index in [1.807, 2.05) is 11.3 Å². The van der Waals surface area contributed by atoms with Crippen molar-refractivity contribution in [2.75, 3.05) is 44.2 Å². The van der Waals surface area contributed by atoms with Crippen molar-refractivity contribution in [2.45, 2.75) is 71.8 Å². The summed E-state index contributed by atoms with van der Waals surface area (Å²) in [5.41, 5.74) is 2.69. The molecule has 3 aromatic rings. The second-order valence-electron chi connectivity index (χ2n) is 10.5. The Bertz CT molecular complexity index is 1190. The Morgan fingerprint density at radius 2 is 1.73 bits per heavy atom. The Morgan fingerprint density at radius 1 is 0.946 bits per heavy atom. The van der Waals surface area contributed by atoms with Crippen LogP contribution in [0.4, 0.5) is 5.82 Å². The van der Waals surface area contributed by atoms with Gasteiger partial charge in [0.15, 0.2) is 0 Å². The summed E-state index contributed by atoms with van der Waals surface area (Å²) < 4.78 is 0. The number of thiophene rings is 1. The minimum absolute atomic E-state index is 0.321. The molecule has 1 saturated heterocycles. The van der Waals surface area contributed by atoms with Gasteiger partial charge in [0, 0.05) is 57.0 Å². The largest absolute Gasteiger partial charge is 0.352 e. The molecule has 2 aromatic heterocycles. The van der Waals surface area contributed by atoms with Crippen molar-refractivity contribution < 1.29 is 4.79 Å². The molecule has 7 heteroatoms. The molecule has 1 amide bonds. The van der Waals surface area contributed by atoms with Crippen LogP contribution in [0, 0.1) is 0 Å². The van der Waals surface area contributed by atoms with E-state index in [0.717, 1.165) is 81.5 Å². The number of hydrogen-bond donors (Lipinski definition) is 0. The Kier molecular flexibility index (Phi) is 8.72. The van der Waals surface area contributed by atoms with Crippen LogP contribution in [0.25, 0.3) is 10.2 Å². The molecule has 0 radical (unpaired) electrons. The van der Waals surface area contributed by atoms with E-state index in [0.29, 0.717) is 12.3 Å². The average Bonchev–Trinajstić information content (AvgIpc) is 3.30. The van der Waals surface area contributed by atoms with Crippen molar-refractivity contribution in [3.8, 4) is 0 Å². The molecule has 5 rings (SSSR count). The van der Waals surface area contributed by atoms with Crippen molar-refractivity contribution in [2.24, 2.45) is 0 Å². The van der Waals surface area contributed by atoms with Crippen molar-refractivity contribution >= 4 is 33.3 Å². The van der Waals surface area contributed by atoms with E-state index in [1.165, 1.54) is 47.1 Å². The number of carbonyl (C=O) groups is 1. The third kappa shape index (κ3) is 6.15. The predicted octanol–water partition coefficient (Wildman–Crippen LogP) is 5.67. The number of piperazine rings is 1. The van der Waals surface area contributed by atoms with Crippen LogP contribution >= 0.6 is 11.3 Å². The Morgan fingerprint density at radius 3 is 2.49 bits per heavy atom. The molecule has 0 N–H and O–H groups in total. The number of likely N-dealkylation sites (N-methyl/N-ethyl adjacent to an activating group) is 1. The number of hydrogen-bond acceptors (Lipinski definition) is 6. The van der Waals surface area contributed by atoms with Gasteiger partial charge in [0.2, 0.25) is 5.91 Å². The third-order valence-electron chi connectivity index (χ3n) is 7.88. The Hall–Kier alpha value is -2.51. The van der Waals surface area contributed by atoms with Crippen molar-refractivity contribution in [1.82, 2.24) is 19.8 Å². The number of carbonyl (C=O) groups excluding carboxylic acids is 1. The number of amides is 1. The Balaban J connectivity index is 1.35. The first-order valence-corrected chi connectivity index (χ1v) is 15.1. The second-order valence-corrected chi connectivity index (χ2v) is 11.5. The highest BCUT2D eigenvalue weighted by atomic mass is 32.1. The first kappa shape index (κ1) is 26.1. The van der Waals surface area contributed by atoms with Crippen LogP contribution in [0.1, 0.15) is 74.2 Å². The Labute approximate surface area is 225 Å². The van der Waals surface area contributed by atoms with E-state index in [1.54, 1.807) is 0 Å². The van der Waals surface area contributed by atoms with Gasteiger partial charge in [-0.3, -0.25) is 9.69 Å². The van der Waals surface area contributed by atoms with Crippen LogP contribution in [-0.2, 0) is 24.2 Å². The molecule has 2 aliphatic heterocycles. The van der Waals surface area contributed by atoms with E-state index in [2.05, 4.69) is 58.9 Å². The maximum Gasteiger partial charge on any atom is 0.222 e. The normalized spacial score (nSPS) is 16.4. The van der Waals surface area contributed by atoms with E-state index >= 15 is 0 Å². The molecule has 0 bridgehead atoms. The zero-order chi connectivity index (χ0) is 25.6. The minimum Gasteiger partial charge on any atom is -0.352 e. The maximum atomic E-state index is 12.8. The number of rotatable bonds is 10. The van der Waals surface area contributed by atoms with Gasteiger partial charge in [0.25, 0.3) is 0 Å². The molecule has 0 spiro atoms. The van der Waals surface area contributed by atoms with E-state index in [-0.39, 0.29) is 0 Å². The second kappa shape index (κ2) is 12.4. The highest BCUT2D eigenvalue weighted by molar-refractivity contribution is 7.19. The molecule has 0 aliphatic carbocycles. The molecule has 1 aromatic carbocycles. The SMILES string of the molecule is CCCCCCCC(=O)N1CCN(c2nc(Cc3ccccc3)nc3sc4c(c23)CCN(CC)C4)CC1. The quantitative estimate of drug-likeness (QED) is 0.323. The summed E-state index contributed by atoms with van der Waals surface area (Å²) in [7, 11) is 0. The minimum atomic E-state index is 0.321. The standard InChI is InChI=1S/C30H41N5OS/c1-3-5-6-7-11-14-27(36)34-17-19-35(20-18-34)29-28-24-15-16-33(4-2)22-25(24)37-30(28)32-26(31-29)21-23-12-9-8-10-13-23/h8-10,12-13H,3-7,11,14-22H2,1-2H3. The summed E-state index contributed by atoms with van der Waals surface area (Å²) in [5.74, 6) is 2.30. The molecule has 6 nitrogen and oxygen atoms in total. The molecular weight excluding hydrogens is 478 g/mol. The molecule has 198 valence electrons. The average molecular weight is 520 g/mol. The van der Waals surface area contributed by atoms with Gasteiger partial charge < -0.3 is 9.80 Å². The van der Waals surface area contributed by atoms with Gasteiger partial charge in [-0.2, -0.15) is 0 Å². The lowest BCUT2D eigenvalue weighted by atomic mass is 10.0. The smallest absolute Gasteiger partial charge is 0.222 e. The van der Waals surface area contributed by atoms with Crippen molar-refractivity contribution in [3.05, 3.63) is 52.2 Å². The number of benzene rings is 1. The zero-order valence-electron chi connectivity index (χ0n) is 22.5. The summed E-state index contributed by atoms with van der Waals surface area (Å²) in [4.78, 5) is 32.7. The molecule has 2 aliphatic rings. The number of aromatic nitrogens is 2. The van der Waals surface area contributed by atoms with Gasteiger partial charge in [-0.1, -0.05) is 69.9 Å². The van der Waals surface area contributed by atoms with Gasteiger partial charge in [-0.05, 0) is 30.5 Å². The van der Waals surface area contributed by atoms with E-state index in [4.69, 9.17) is 9.97 Å². The van der Waals surface area contributed by atoms with Gasteiger partial charge in [0.1, 0.15) is 16.5 Å². The fourth-order valence-electron chi connectivity index (χ4n) is 5.63. The summed E-state index contributed by atoms with van der Waals surface area (Å²) in [6.45, 7) is 10.9. The highest BCUT2D eigenvalue weighted by Gasteiger charge is 2.28. The molecule has 0 atom stereocenters.